The van der Waals surface area contributed by atoms with Gasteiger partial charge in [-0.2, -0.15) is 0 Å². The van der Waals surface area contributed by atoms with E-state index >= 15 is 0 Å². The molecule has 6 aliphatic rings. The summed E-state index contributed by atoms with van der Waals surface area (Å²) in [4.78, 5) is 0. The highest BCUT2D eigenvalue weighted by molar-refractivity contribution is 6.16. The van der Waals surface area contributed by atoms with E-state index in [1.807, 2.05) is 0 Å². The summed E-state index contributed by atoms with van der Waals surface area (Å²) in [5.74, 6) is 1.79. The molecule has 0 spiro atoms. The van der Waals surface area contributed by atoms with Gasteiger partial charge in [0, 0.05) is 5.92 Å². The van der Waals surface area contributed by atoms with Crippen molar-refractivity contribution in [1.82, 2.24) is 0 Å². The summed E-state index contributed by atoms with van der Waals surface area (Å²) in [6.07, 6.45) is 34.7. The maximum atomic E-state index is 2.61. The smallest absolute Gasteiger partial charge is 0.0101 e. The van der Waals surface area contributed by atoms with Crippen molar-refractivity contribution in [2.45, 2.75) is 78.6 Å². The van der Waals surface area contributed by atoms with Gasteiger partial charge in [0.15, 0.2) is 0 Å². The highest BCUT2D eigenvalue weighted by Crippen LogP contribution is 2.53. The molecule has 0 aliphatic heterocycles. The summed E-state index contributed by atoms with van der Waals surface area (Å²) < 4.78 is 0. The first kappa shape index (κ1) is 30.6. The summed E-state index contributed by atoms with van der Waals surface area (Å²) in [5, 5.41) is 5.63. The molecule has 0 N–H and O–H groups in total. The number of rotatable bonds is 5. The summed E-state index contributed by atoms with van der Waals surface area (Å²) in [6, 6.07) is 18.6. The lowest BCUT2D eigenvalue weighted by molar-refractivity contribution is 0.459. The zero-order valence-corrected chi connectivity index (χ0v) is 29.5. The van der Waals surface area contributed by atoms with Gasteiger partial charge in [-0.1, -0.05) is 129 Å². The fourth-order valence-electron chi connectivity index (χ4n) is 9.86. The Balaban J connectivity index is 1.22. The maximum absolute atomic E-state index is 2.61. The Bertz CT molecular complexity index is 2160. The average molecular weight is 637 g/mol. The minimum atomic E-state index is 0.501. The van der Waals surface area contributed by atoms with Gasteiger partial charge in [-0.15, -0.1) is 0 Å². The molecule has 0 bridgehead atoms. The normalized spacial score (nSPS) is 23.4. The molecule has 0 saturated heterocycles. The van der Waals surface area contributed by atoms with Crippen LogP contribution < -0.4 is 0 Å². The molecule has 0 radical (unpaired) electrons. The van der Waals surface area contributed by atoms with Crippen LogP contribution in [-0.2, 0) is 0 Å². The standard InChI is InChI=1S/C49H48/c1-31(2)29-46-37-12-5-4-11-36(37)30-47-38-17-10-18-41(39(38)27-28-40(46)47)49-44-15-8-6-13-42(44)48(43-14-7-9-16-45(43)49)35-25-23-34(24-26-35)33-21-19-32(3)20-22-33/h4-9,12-17,19,21,23,25,27-28,31,36,47H,10-11,18,20,22,24,26,29-30H2,1-3H3. The molecule has 244 valence electrons. The Morgan fingerprint density at radius 1 is 0.673 bits per heavy atom. The molecule has 2 unspecified atom stereocenters. The Kier molecular flexibility index (Phi) is 7.80. The third kappa shape index (κ3) is 5.27. The van der Waals surface area contributed by atoms with Crippen LogP contribution in [0, 0.1) is 17.8 Å². The summed E-state index contributed by atoms with van der Waals surface area (Å²) in [5.41, 5.74) is 18.4. The molecular formula is C49H48. The Labute approximate surface area is 293 Å². The second-order valence-corrected chi connectivity index (χ2v) is 15.7. The van der Waals surface area contributed by atoms with E-state index in [0.717, 1.165) is 25.7 Å². The van der Waals surface area contributed by atoms with E-state index in [2.05, 4.69) is 130 Å². The number of allylic oxidation sites excluding steroid dienone is 20. The minimum absolute atomic E-state index is 0.501. The fraction of sp³-hybridized carbons (Fsp3) is 0.306. The van der Waals surface area contributed by atoms with E-state index in [-0.39, 0.29) is 0 Å². The molecule has 9 rings (SSSR count). The molecule has 0 amide bonds. The van der Waals surface area contributed by atoms with Crippen molar-refractivity contribution in [2.24, 2.45) is 17.8 Å². The molecule has 0 aromatic heterocycles. The molecule has 6 aliphatic carbocycles. The highest BCUT2D eigenvalue weighted by atomic mass is 14.4. The van der Waals surface area contributed by atoms with E-state index in [0.29, 0.717) is 17.8 Å². The lowest BCUT2D eigenvalue weighted by atomic mass is 9.63. The van der Waals surface area contributed by atoms with Crippen molar-refractivity contribution >= 4 is 32.7 Å². The van der Waals surface area contributed by atoms with Crippen LogP contribution in [0.25, 0.3) is 32.7 Å². The van der Waals surface area contributed by atoms with E-state index < -0.39 is 0 Å². The van der Waals surface area contributed by atoms with Gasteiger partial charge in [-0.05, 0) is 159 Å². The van der Waals surface area contributed by atoms with Crippen LogP contribution >= 0.6 is 0 Å². The summed E-state index contributed by atoms with van der Waals surface area (Å²) in [6.45, 7) is 7.01. The Hall–Kier alpha value is -4.42. The zero-order valence-electron chi connectivity index (χ0n) is 29.5. The predicted octanol–water partition coefficient (Wildman–Crippen LogP) is 13.7. The molecule has 0 heterocycles. The van der Waals surface area contributed by atoms with E-state index in [9.17, 15) is 0 Å². The third-order valence-electron chi connectivity index (χ3n) is 12.2. The first-order chi connectivity index (χ1) is 24.0. The second kappa shape index (κ2) is 12.5. The minimum Gasteiger partial charge on any atom is -0.0839 e. The summed E-state index contributed by atoms with van der Waals surface area (Å²) >= 11 is 0. The summed E-state index contributed by atoms with van der Waals surface area (Å²) in [7, 11) is 0. The van der Waals surface area contributed by atoms with Gasteiger partial charge in [-0.3, -0.25) is 0 Å². The van der Waals surface area contributed by atoms with Gasteiger partial charge in [0.05, 0.1) is 0 Å². The highest BCUT2D eigenvalue weighted by Gasteiger charge is 2.38. The molecule has 0 heteroatoms. The zero-order chi connectivity index (χ0) is 33.1. The van der Waals surface area contributed by atoms with Crippen LogP contribution in [0.3, 0.4) is 0 Å². The van der Waals surface area contributed by atoms with Gasteiger partial charge in [0.2, 0.25) is 0 Å². The first-order valence-electron chi connectivity index (χ1n) is 19.0. The van der Waals surface area contributed by atoms with Crippen LogP contribution in [-0.4, -0.2) is 0 Å². The Morgan fingerprint density at radius 2 is 1.33 bits per heavy atom. The lowest BCUT2D eigenvalue weighted by Crippen LogP contribution is -2.27. The van der Waals surface area contributed by atoms with Crippen LogP contribution in [0.4, 0.5) is 0 Å². The molecular weight excluding hydrogens is 589 g/mol. The lowest BCUT2D eigenvalue weighted by Gasteiger charge is -2.41. The first-order valence-corrected chi connectivity index (χ1v) is 19.0. The average Bonchev–Trinajstić information content (AvgIpc) is 3.14. The van der Waals surface area contributed by atoms with Gasteiger partial charge in [0.1, 0.15) is 0 Å². The second-order valence-electron chi connectivity index (χ2n) is 15.7. The van der Waals surface area contributed by atoms with Gasteiger partial charge >= 0.3 is 0 Å². The van der Waals surface area contributed by atoms with Gasteiger partial charge in [-0.25, -0.2) is 0 Å². The van der Waals surface area contributed by atoms with Crippen molar-refractivity contribution in [3.05, 3.63) is 165 Å². The van der Waals surface area contributed by atoms with Crippen molar-refractivity contribution in [3.8, 4) is 0 Å². The molecule has 0 saturated carbocycles. The van der Waals surface area contributed by atoms with Crippen LogP contribution in [0.1, 0.15) is 89.7 Å². The SMILES string of the molecule is CC1=CC=C(C2=CC=C(c3c4ccccc4c(C4=C5C=CC6=C(CC(C)C)C7=CC=CCC7CC6C5=CCC4)c4ccccc34)CC2)CC1. The molecule has 3 aromatic rings. The van der Waals surface area contributed by atoms with Crippen LogP contribution in [0.5, 0.6) is 0 Å². The molecule has 49 heavy (non-hydrogen) atoms. The molecule has 0 nitrogen and oxygen atoms in total. The fourth-order valence-corrected chi connectivity index (χ4v) is 9.86. The maximum Gasteiger partial charge on any atom is 0.0101 e. The van der Waals surface area contributed by atoms with E-state index in [1.54, 1.807) is 27.9 Å². The number of hydrogen-bond acceptors (Lipinski definition) is 0. The predicted molar refractivity (Wildman–Crippen MR) is 211 cm³/mol. The number of fused-ring (bicyclic) bond motifs is 6. The van der Waals surface area contributed by atoms with E-state index in [4.69, 9.17) is 0 Å². The van der Waals surface area contributed by atoms with Crippen LogP contribution in [0.2, 0.25) is 0 Å². The molecule has 3 aromatic carbocycles. The van der Waals surface area contributed by atoms with E-state index in [1.165, 1.54) is 92.6 Å². The molecule has 0 fully saturated rings. The van der Waals surface area contributed by atoms with Crippen molar-refractivity contribution in [3.63, 3.8) is 0 Å². The third-order valence-corrected chi connectivity index (χ3v) is 12.2. The Morgan fingerprint density at radius 3 is 1.98 bits per heavy atom. The van der Waals surface area contributed by atoms with Crippen molar-refractivity contribution < 1.29 is 0 Å². The van der Waals surface area contributed by atoms with Gasteiger partial charge in [0.25, 0.3) is 0 Å². The quantitative estimate of drug-likeness (QED) is 0.244. The molecule has 2 atom stereocenters. The van der Waals surface area contributed by atoms with Crippen molar-refractivity contribution in [1.29, 1.82) is 0 Å². The van der Waals surface area contributed by atoms with Crippen LogP contribution in [0.15, 0.2) is 154 Å². The monoisotopic (exact) mass is 636 g/mol. The van der Waals surface area contributed by atoms with Crippen molar-refractivity contribution in [2.75, 3.05) is 0 Å². The largest absolute Gasteiger partial charge is 0.0839 e. The number of hydrogen-bond donors (Lipinski definition) is 0. The van der Waals surface area contributed by atoms with Gasteiger partial charge < -0.3 is 0 Å². The number of benzene rings is 3. The topological polar surface area (TPSA) is 0 Å².